The third-order valence-electron chi connectivity index (χ3n) is 15.5. The van der Waals surface area contributed by atoms with Crippen LogP contribution in [-0.2, 0) is 24.7 Å². The van der Waals surface area contributed by atoms with Crippen LogP contribution in [0.4, 0.5) is 44.2 Å². The summed E-state index contributed by atoms with van der Waals surface area (Å²) in [6.45, 7) is -0.140. The monoisotopic (exact) mass is 1230 g/mol. The van der Waals surface area contributed by atoms with Crippen LogP contribution in [0, 0.1) is 5.92 Å². The number of rotatable bonds is 19. The molecule has 4 atom stereocenters. The van der Waals surface area contributed by atoms with Crippen molar-refractivity contribution < 1.29 is 36.4 Å². The Morgan fingerprint density at radius 1 is 0.729 bits per heavy atom. The van der Waals surface area contributed by atoms with Gasteiger partial charge in [0.2, 0.25) is 21.9 Å². The number of aromatic nitrogens is 5. The van der Waals surface area contributed by atoms with E-state index in [1.165, 1.54) is 55.9 Å². The first-order valence-electron chi connectivity index (χ1n) is 27.9. The fraction of sp³-hybridized carbons (Fsp3) is 0.339. The number of pyridine rings is 1. The summed E-state index contributed by atoms with van der Waals surface area (Å²) in [5.41, 5.74) is 6.54. The molecular weight excluding hydrogens is 1170 g/mol. The molecule has 22 nitrogen and oxygen atoms in total. The Hall–Kier alpha value is -7.39. The summed E-state index contributed by atoms with van der Waals surface area (Å²) < 4.78 is 56.8. The average molecular weight is 1230 g/mol. The van der Waals surface area contributed by atoms with Crippen LogP contribution < -0.4 is 31.9 Å². The first kappa shape index (κ1) is 60.7. The van der Waals surface area contributed by atoms with E-state index in [1.807, 2.05) is 48.3 Å². The van der Waals surface area contributed by atoms with Crippen LogP contribution in [0.1, 0.15) is 68.2 Å². The van der Waals surface area contributed by atoms with Gasteiger partial charge in [-0.25, -0.2) is 51.4 Å². The van der Waals surface area contributed by atoms with Gasteiger partial charge in [0.1, 0.15) is 10.1 Å². The summed E-state index contributed by atoms with van der Waals surface area (Å²) in [5, 5.41) is 28.1. The second-order valence-corrected chi connectivity index (χ2v) is 26.2. The molecule has 446 valence electrons. The quantitative estimate of drug-likeness (QED) is 0.0371. The first-order chi connectivity index (χ1) is 40.9. The molecule has 4 amide bonds. The molecule has 4 aromatic carbocycles. The molecule has 1 aliphatic carbocycles. The summed E-state index contributed by atoms with van der Waals surface area (Å²) in [6, 6.07) is 30.3. The first-order valence-corrected chi connectivity index (χ1v) is 31.6. The Kier molecular flexibility index (Phi) is 19.2. The smallest absolute Gasteiger partial charge is 0.345 e. The van der Waals surface area contributed by atoms with E-state index < -0.39 is 44.4 Å². The van der Waals surface area contributed by atoms with Crippen molar-refractivity contribution in [3.63, 3.8) is 0 Å². The Morgan fingerprint density at radius 3 is 2.05 bits per heavy atom. The zero-order valence-electron chi connectivity index (χ0n) is 47.0. The fourth-order valence-corrected chi connectivity index (χ4v) is 14.7. The van der Waals surface area contributed by atoms with Crippen LogP contribution in [0.3, 0.4) is 0 Å². The minimum atomic E-state index is -4.36. The summed E-state index contributed by atoms with van der Waals surface area (Å²) in [4.78, 5) is 55.6. The lowest BCUT2D eigenvalue weighted by Crippen LogP contribution is -2.45. The summed E-state index contributed by atoms with van der Waals surface area (Å²) in [5.74, 6) is 1.06. The minimum absolute atomic E-state index is 0.0162. The number of aliphatic hydroxyl groups excluding tert-OH is 1. The number of carbonyl (C=O) groups is 2. The second-order valence-electron chi connectivity index (χ2n) is 21.3. The number of urea groups is 2. The van der Waals surface area contributed by atoms with Crippen molar-refractivity contribution in [2.75, 3.05) is 75.4 Å². The summed E-state index contributed by atoms with van der Waals surface area (Å²) >= 11 is 13.0. The number of carbonyl (C=O) groups excluding carboxylic acids is 2. The number of sulfonamides is 1. The molecule has 10 rings (SSSR count). The molecule has 7 aromatic rings. The lowest BCUT2D eigenvalue weighted by Gasteiger charge is -2.41. The number of likely N-dealkylation sites (N-methyl/N-ethyl adjacent to an activating group) is 1. The lowest BCUT2D eigenvalue weighted by atomic mass is 9.75. The average Bonchev–Trinajstić information content (AvgIpc) is 4.22. The number of nitrogens with one attached hydrogen (secondary N) is 6. The van der Waals surface area contributed by atoms with E-state index in [2.05, 4.69) is 51.8 Å². The van der Waals surface area contributed by atoms with Crippen LogP contribution in [0.5, 0.6) is 0 Å². The largest absolute Gasteiger partial charge is 0.395 e. The molecule has 85 heavy (non-hydrogen) atoms. The highest BCUT2D eigenvalue weighted by Crippen LogP contribution is 2.42. The number of nitrogens with zero attached hydrogens (tertiary/aromatic N) is 8. The van der Waals surface area contributed by atoms with Crippen LogP contribution in [0.2, 0.25) is 10.0 Å². The predicted octanol–water partition coefficient (Wildman–Crippen LogP) is 9.82. The van der Waals surface area contributed by atoms with Gasteiger partial charge in [0.25, 0.3) is 0 Å². The lowest BCUT2D eigenvalue weighted by molar-refractivity contribution is -0.0959. The van der Waals surface area contributed by atoms with E-state index in [4.69, 9.17) is 33.0 Å². The molecule has 0 bridgehead atoms. The molecule has 0 radical (unpaired) electrons. The molecule has 0 spiro atoms. The molecule has 3 fully saturated rings. The maximum Gasteiger partial charge on any atom is 0.345 e. The number of aliphatic hydroxyl groups is 1. The molecule has 4 unspecified atom stereocenters. The third-order valence-corrected chi connectivity index (χ3v) is 20.4. The Balaban J connectivity index is 0.760. The van der Waals surface area contributed by atoms with E-state index in [1.54, 1.807) is 73.2 Å². The van der Waals surface area contributed by atoms with Crippen molar-refractivity contribution in [1.29, 1.82) is 0 Å². The van der Waals surface area contributed by atoms with Gasteiger partial charge in [0.05, 0.1) is 46.2 Å². The van der Waals surface area contributed by atoms with Gasteiger partial charge < -0.3 is 37.0 Å². The number of hydroxylamine groups is 2. The molecule has 5 heterocycles. The normalized spacial score (nSPS) is 18.3. The Bertz CT molecular complexity index is 3760. The Morgan fingerprint density at radius 2 is 1.36 bits per heavy atom. The van der Waals surface area contributed by atoms with Crippen molar-refractivity contribution in [3.8, 4) is 22.5 Å². The van der Waals surface area contributed by atoms with Gasteiger partial charge in [0.15, 0.2) is 9.84 Å². The van der Waals surface area contributed by atoms with Crippen LogP contribution in [0.25, 0.3) is 22.5 Å². The van der Waals surface area contributed by atoms with Crippen molar-refractivity contribution in [1.82, 2.24) is 49.8 Å². The maximum atomic E-state index is 14.1. The number of amides is 4. The predicted molar refractivity (Wildman–Crippen MR) is 327 cm³/mol. The summed E-state index contributed by atoms with van der Waals surface area (Å²) in [7, 11) is -3.46. The second kappa shape index (κ2) is 26.9. The molecule has 3 aliphatic rings. The van der Waals surface area contributed by atoms with Gasteiger partial charge in [-0.3, -0.25) is 14.7 Å². The van der Waals surface area contributed by atoms with Crippen LogP contribution >= 0.6 is 23.2 Å². The number of anilines is 6. The number of benzene rings is 4. The SMILES string of the molecule is CNC(=O)Nc1ccc(-c2cc(-c3ccnc(Nc4ccc(Cl)c(S(=O)(=O)C(CO)CON(C)C(=O)Nc5ccc(C6CC(c7ccnc(Nc8ccc(Cl)c(S(=O)(=O)N9CCN(C)C9)c8)n7)CC(C7CCCCC7)N6)cc5)c4)n3)ccn2)cc1. The van der Waals surface area contributed by atoms with E-state index in [0.29, 0.717) is 59.1 Å². The number of halogens is 2. The standard InChI is InChI=1S/C59H66Cl2N14O8S2/c1-62-58(77)68-42-13-9-38(10-14-42)51-29-40(21-24-63-51)49-22-25-64-56(71-49)66-44-17-19-47(60)54(32-44)84(79,80)46(34-76)35-83-74(3)59(78)69-43-15-11-39(12-16-43)53-31-41(30-52(70-53)37-7-5-4-6-8-37)50-23-26-65-57(72-50)67-45-18-20-48(61)55(33-45)85(81,82)75-28-27-73(2)36-75/h9-26,29,32-33,37,41,46,52-53,70,76H,4-8,27-28,30-31,34-36H2,1-3H3,(H,69,78)(H2,62,68,77)(H,64,66,71)(H,65,67,72). The van der Waals surface area contributed by atoms with Gasteiger partial charge in [-0.2, -0.15) is 4.31 Å². The van der Waals surface area contributed by atoms with E-state index in [-0.39, 0.29) is 56.5 Å². The highest BCUT2D eigenvalue weighted by molar-refractivity contribution is 7.92. The van der Waals surface area contributed by atoms with Crippen molar-refractivity contribution >= 4 is 89.8 Å². The number of sulfone groups is 1. The number of hydrogen-bond acceptors (Lipinski definition) is 17. The topological polar surface area (TPSA) is 278 Å². The van der Waals surface area contributed by atoms with Crippen molar-refractivity contribution in [2.24, 2.45) is 5.92 Å². The third kappa shape index (κ3) is 14.7. The molecular formula is C59H66Cl2N14O8S2. The zero-order chi connectivity index (χ0) is 59.8. The van der Waals surface area contributed by atoms with Crippen LogP contribution in [-0.4, -0.2) is 139 Å². The molecule has 1 saturated carbocycles. The van der Waals surface area contributed by atoms with E-state index in [9.17, 15) is 31.5 Å². The highest BCUT2D eigenvalue weighted by atomic mass is 35.5. The molecule has 3 aromatic heterocycles. The van der Waals surface area contributed by atoms with Gasteiger partial charge in [0, 0.05) is 103 Å². The van der Waals surface area contributed by atoms with Gasteiger partial charge in [-0.05, 0) is 129 Å². The highest BCUT2D eigenvalue weighted by Gasteiger charge is 2.37. The Labute approximate surface area is 504 Å². The zero-order valence-corrected chi connectivity index (χ0v) is 50.1. The van der Waals surface area contributed by atoms with Crippen molar-refractivity contribution in [3.05, 3.63) is 149 Å². The fourth-order valence-electron chi connectivity index (χ4n) is 10.9. The molecule has 2 aliphatic heterocycles. The molecule has 26 heteroatoms. The van der Waals surface area contributed by atoms with E-state index in [0.717, 1.165) is 53.1 Å². The minimum Gasteiger partial charge on any atom is -0.395 e. The van der Waals surface area contributed by atoms with Crippen LogP contribution in [0.15, 0.2) is 138 Å². The van der Waals surface area contributed by atoms with Gasteiger partial charge in [-0.1, -0.05) is 66.7 Å². The van der Waals surface area contributed by atoms with E-state index >= 15 is 0 Å². The van der Waals surface area contributed by atoms with Crippen molar-refractivity contribution in [2.45, 2.75) is 78.0 Å². The number of hydrogen-bond donors (Lipinski definition) is 7. The molecule has 7 N–H and O–H groups in total. The maximum absolute atomic E-state index is 14.1. The van der Waals surface area contributed by atoms with Gasteiger partial charge in [-0.15, -0.1) is 0 Å². The van der Waals surface area contributed by atoms with Gasteiger partial charge >= 0.3 is 12.1 Å². The molecule has 2 saturated heterocycles. The number of piperidine rings is 1. The summed E-state index contributed by atoms with van der Waals surface area (Å²) in [6.07, 6.45) is 12.4.